The maximum Gasteiger partial charge on any atom is 0.277 e. The molecule has 0 spiro atoms. The van der Waals surface area contributed by atoms with Gasteiger partial charge in [0.15, 0.2) is 0 Å². The van der Waals surface area contributed by atoms with Gasteiger partial charge in [-0.15, -0.1) is 0 Å². The lowest BCUT2D eigenvalue weighted by Crippen LogP contribution is -1.93. The molecule has 0 bridgehead atoms. The zero-order valence-corrected chi connectivity index (χ0v) is 11.3. The standard InChI is InChI=1S/C16H12N2O3/c1-11-5-7-12(8-6-11)21-16-14-3-2-4-15(18(19)20)13(14)9-10-17-16/h2-10H,1H3. The molecule has 0 unspecified atom stereocenters. The molecule has 5 nitrogen and oxygen atoms in total. The van der Waals surface area contributed by atoms with Gasteiger partial charge in [0.2, 0.25) is 5.88 Å². The zero-order chi connectivity index (χ0) is 14.8. The molecule has 3 aromatic rings. The Bertz CT molecular complexity index is 813. The second kappa shape index (κ2) is 5.20. The van der Waals surface area contributed by atoms with E-state index in [0.29, 0.717) is 22.4 Å². The molecule has 2 aromatic carbocycles. The summed E-state index contributed by atoms with van der Waals surface area (Å²) >= 11 is 0. The van der Waals surface area contributed by atoms with Crippen molar-refractivity contribution in [3.8, 4) is 11.6 Å². The third-order valence-electron chi connectivity index (χ3n) is 3.18. The van der Waals surface area contributed by atoms with Crippen LogP contribution in [0.3, 0.4) is 0 Å². The Morgan fingerprint density at radius 2 is 1.81 bits per heavy atom. The molecular formula is C16H12N2O3. The van der Waals surface area contributed by atoms with Gasteiger partial charge in [-0.2, -0.15) is 0 Å². The molecule has 0 saturated heterocycles. The first-order chi connectivity index (χ1) is 10.1. The fourth-order valence-electron chi connectivity index (χ4n) is 2.12. The Hall–Kier alpha value is -2.95. The summed E-state index contributed by atoms with van der Waals surface area (Å²) < 4.78 is 5.75. The first kappa shape index (κ1) is 13.1. The quantitative estimate of drug-likeness (QED) is 0.531. The molecule has 0 aliphatic rings. The van der Waals surface area contributed by atoms with Crippen LogP contribution in [-0.4, -0.2) is 9.91 Å². The number of nitrogens with zero attached hydrogens (tertiary/aromatic N) is 2. The molecule has 1 heterocycles. The molecule has 104 valence electrons. The Labute approximate surface area is 121 Å². The lowest BCUT2D eigenvalue weighted by Gasteiger charge is -2.08. The van der Waals surface area contributed by atoms with Gasteiger partial charge < -0.3 is 4.74 Å². The number of aromatic nitrogens is 1. The van der Waals surface area contributed by atoms with Gasteiger partial charge in [0.1, 0.15) is 5.75 Å². The van der Waals surface area contributed by atoms with Gasteiger partial charge in [0, 0.05) is 12.3 Å². The SMILES string of the molecule is Cc1ccc(Oc2nccc3c([N+](=O)[O-])cccc23)cc1. The van der Waals surface area contributed by atoms with Gasteiger partial charge >= 0.3 is 0 Å². The summed E-state index contributed by atoms with van der Waals surface area (Å²) in [5.74, 6) is 1.01. The molecule has 0 radical (unpaired) electrons. The highest BCUT2D eigenvalue weighted by Crippen LogP contribution is 2.32. The number of nitro groups is 1. The molecule has 21 heavy (non-hydrogen) atoms. The average molecular weight is 280 g/mol. The maximum absolute atomic E-state index is 11.1. The molecule has 0 amide bonds. The first-order valence-corrected chi connectivity index (χ1v) is 6.42. The van der Waals surface area contributed by atoms with Crippen molar-refractivity contribution < 1.29 is 9.66 Å². The maximum atomic E-state index is 11.1. The minimum atomic E-state index is -0.405. The molecule has 0 aliphatic heterocycles. The summed E-state index contributed by atoms with van der Waals surface area (Å²) in [6.07, 6.45) is 1.51. The minimum absolute atomic E-state index is 0.0451. The Morgan fingerprint density at radius 1 is 1.05 bits per heavy atom. The van der Waals surface area contributed by atoms with E-state index in [1.165, 1.54) is 12.3 Å². The van der Waals surface area contributed by atoms with E-state index < -0.39 is 4.92 Å². The van der Waals surface area contributed by atoms with Crippen LogP contribution in [0.4, 0.5) is 5.69 Å². The van der Waals surface area contributed by atoms with Crippen LogP contribution >= 0.6 is 0 Å². The van der Waals surface area contributed by atoms with Gasteiger partial charge in [-0.05, 0) is 31.2 Å². The van der Waals surface area contributed by atoms with E-state index in [1.807, 2.05) is 31.2 Å². The largest absolute Gasteiger partial charge is 0.438 e. The highest BCUT2D eigenvalue weighted by Gasteiger charge is 2.14. The second-order valence-corrected chi connectivity index (χ2v) is 4.66. The highest BCUT2D eigenvalue weighted by molar-refractivity contribution is 5.94. The van der Waals surface area contributed by atoms with Crippen LogP contribution in [0.15, 0.2) is 54.7 Å². The van der Waals surface area contributed by atoms with Gasteiger partial charge in [0.25, 0.3) is 5.69 Å². The number of non-ortho nitro benzene ring substituents is 1. The summed E-state index contributed by atoms with van der Waals surface area (Å²) in [5.41, 5.74) is 1.17. The van der Waals surface area contributed by atoms with Crippen LogP contribution in [0.2, 0.25) is 0 Å². The first-order valence-electron chi connectivity index (χ1n) is 6.42. The summed E-state index contributed by atoms with van der Waals surface area (Å²) in [7, 11) is 0. The summed E-state index contributed by atoms with van der Waals surface area (Å²) in [5, 5.41) is 12.2. The van der Waals surface area contributed by atoms with Crippen LogP contribution in [0.1, 0.15) is 5.56 Å². The van der Waals surface area contributed by atoms with Crippen LogP contribution in [-0.2, 0) is 0 Å². The number of rotatable bonds is 3. The number of benzene rings is 2. The van der Waals surface area contributed by atoms with Crippen molar-refractivity contribution in [1.82, 2.24) is 4.98 Å². The number of ether oxygens (including phenoxy) is 1. The number of nitro benzene ring substituents is 1. The lowest BCUT2D eigenvalue weighted by atomic mass is 10.1. The fourth-order valence-corrected chi connectivity index (χ4v) is 2.12. The summed E-state index contributed by atoms with van der Waals surface area (Å²) in [6.45, 7) is 1.99. The summed E-state index contributed by atoms with van der Waals surface area (Å²) in [4.78, 5) is 14.8. The number of hydrogen-bond acceptors (Lipinski definition) is 4. The van der Waals surface area contributed by atoms with Crippen molar-refractivity contribution in [1.29, 1.82) is 0 Å². The predicted octanol–water partition coefficient (Wildman–Crippen LogP) is 4.24. The van der Waals surface area contributed by atoms with E-state index in [9.17, 15) is 10.1 Å². The minimum Gasteiger partial charge on any atom is -0.438 e. The molecule has 0 saturated carbocycles. The van der Waals surface area contributed by atoms with E-state index in [0.717, 1.165) is 5.56 Å². The van der Waals surface area contributed by atoms with Crippen molar-refractivity contribution in [2.24, 2.45) is 0 Å². The molecule has 0 fully saturated rings. The van der Waals surface area contributed by atoms with Crippen molar-refractivity contribution in [3.63, 3.8) is 0 Å². The molecule has 3 rings (SSSR count). The number of pyridine rings is 1. The van der Waals surface area contributed by atoms with Crippen LogP contribution < -0.4 is 4.74 Å². The van der Waals surface area contributed by atoms with Gasteiger partial charge in [-0.25, -0.2) is 4.98 Å². The smallest absolute Gasteiger partial charge is 0.277 e. The predicted molar refractivity (Wildman–Crippen MR) is 79.7 cm³/mol. The number of fused-ring (bicyclic) bond motifs is 1. The molecule has 0 aliphatic carbocycles. The topological polar surface area (TPSA) is 65.3 Å². The van der Waals surface area contributed by atoms with Gasteiger partial charge in [0.05, 0.1) is 15.7 Å². The van der Waals surface area contributed by atoms with Gasteiger partial charge in [-0.1, -0.05) is 23.8 Å². The molecule has 0 N–H and O–H groups in total. The average Bonchev–Trinajstić information content (AvgIpc) is 2.49. The number of hydrogen-bond donors (Lipinski definition) is 0. The highest BCUT2D eigenvalue weighted by atomic mass is 16.6. The monoisotopic (exact) mass is 280 g/mol. The van der Waals surface area contributed by atoms with Crippen molar-refractivity contribution in [3.05, 3.63) is 70.4 Å². The van der Waals surface area contributed by atoms with Crippen LogP contribution in [0.5, 0.6) is 11.6 Å². The van der Waals surface area contributed by atoms with Gasteiger partial charge in [-0.3, -0.25) is 10.1 Å². The van der Waals surface area contributed by atoms with Crippen molar-refractivity contribution >= 4 is 16.5 Å². The molecule has 5 heteroatoms. The summed E-state index contributed by atoms with van der Waals surface area (Å²) in [6, 6.07) is 14.0. The second-order valence-electron chi connectivity index (χ2n) is 4.66. The number of aryl methyl sites for hydroxylation is 1. The third kappa shape index (κ3) is 2.53. The lowest BCUT2D eigenvalue weighted by molar-refractivity contribution is -0.383. The molecular weight excluding hydrogens is 268 g/mol. The van der Waals surface area contributed by atoms with E-state index in [-0.39, 0.29) is 5.69 Å². The van der Waals surface area contributed by atoms with E-state index >= 15 is 0 Å². The fraction of sp³-hybridized carbons (Fsp3) is 0.0625. The van der Waals surface area contributed by atoms with E-state index in [1.54, 1.807) is 18.2 Å². The zero-order valence-electron chi connectivity index (χ0n) is 11.3. The van der Waals surface area contributed by atoms with E-state index in [4.69, 9.17) is 4.74 Å². The third-order valence-corrected chi connectivity index (χ3v) is 3.18. The Morgan fingerprint density at radius 3 is 2.52 bits per heavy atom. The van der Waals surface area contributed by atoms with Crippen molar-refractivity contribution in [2.45, 2.75) is 6.92 Å². The Balaban J connectivity index is 2.09. The Kier molecular flexibility index (Phi) is 3.23. The normalized spacial score (nSPS) is 10.5. The van der Waals surface area contributed by atoms with Crippen molar-refractivity contribution in [2.75, 3.05) is 0 Å². The molecule has 1 aromatic heterocycles. The van der Waals surface area contributed by atoms with Crippen LogP contribution in [0.25, 0.3) is 10.8 Å². The molecule has 0 atom stereocenters. The van der Waals surface area contributed by atoms with Crippen LogP contribution in [0, 0.1) is 17.0 Å². The van der Waals surface area contributed by atoms with E-state index in [2.05, 4.69) is 4.98 Å².